The molecule has 0 aliphatic carbocycles. The molecule has 0 spiro atoms. The molecule has 1 aromatic carbocycles. The third kappa shape index (κ3) is 7.32. The lowest BCUT2D eigenvalue weighted by atomic mass is 10.0. The highest BCUT2D eigenvalue weighted by atomic mass is 35.5. The molecule has 0 radical (unpaired) electrons. The molecule has 17 heavy (non-hydrogen) atoms. The molecule has 0 saturated carbocycles. The van der Waals surface area contributed by atoms with Gasteiger partial charge in [0.15, 0.2) is 0 Å². The van der Waals surface area contributed by atoms with Gasteiger partial charge < -0.3 is 4.55 Å². The van der Waals surface area contributed by atoms with Gasteiger partial charge in [0.2, 0.25) is 0 Å². The SMILES string of the molecule is Cc1cccc(C)c1C(F)(F)F.Cl.NS(=O)[O-]. The predicted molar refractivity (Wildman–Crippen MR) is 61.3 cm³/mol. The average molecular weight is 291 g/mol. The van der Waals surface area contributed by atoms with Crippen molar-refractivity contribution in [1.82, 2.24) is 0 Å². The maximum Gasteiger partial charge on any atom is 0.416 e. The van der Waals surface area contributed by atoms with Crippen molar-refractivity contribution >= 4 is 23.7 Å². The topological polar surface area (TPSA) is 66.2 Å². The van der Waals surface area contributed by atoms with E-state index in [-0.39, 0.29) is 23.5 Å². The molecule has 2 N–H and O–H groups in total. The molecule has 0 aromatic heterocycles. The largest absolute Gasteiger partial charge is 0.760 e. The highest BCUT2D eigenvalue weighted by Crippen LogP contribution is 2.33. The van der Waals surface area contributed by atoms with Gasteiger partial charge in [0.1, 0.15) is 0 Å². The van der Waals surface area contributed by atoms with Crippen LogP contribution in [0.1, 0.15) is 16.7 Å². The fourth-order valence-electron chi connectivity index (χ4n) is 1.26. The number of hydrogen-bond donors (Lipinski definition) is 1. The lowest BCUT2D eigenvalue weighted by molar-refractivity contribution is -0.138. The average Bonchev–Trinajstić information content (AvgIpc) is 1.98. The summed E-state index contributed by atoms with van der Waals surface area (Å²) in [5.74, 6) is 0. The zero-order valence-corrected chi connectivity index (χ0v) is 10.7. The number of rotatable bonds is 0. The summed E-state index contributed by atoms with van der Waals surface area (Å²) in [5.41, 5.74) is 0.0509. The first-order valence-corrected chi connectivity index (χ1v) is 5.27. The lowest BCUT2D eigenvalue weighted by Gasteiger charge is -2.12. The molecule has 0 aliphatic rings. The van der Waals surface area contributed by atoms with Crippen molar-refractivity contribution in [1.29, 1.82) is 0 Å². The Balaban J connectivity index is 0. The van der Waals surface area contributed by atoms with Gasteiger partial charge in [-0.2, -0.15) is 13.2 Å². The summed E-state index contributed by atoms with van der Waals surface area (Å²) in [5, 5.41) is 4.03. The van der Waals surface area contributed by atoms with Crippen molar-refractivity contribution in [2.45, 2.75) is 20.0 Å². The molecule has 0 aliphatic heterocycles. The quantitative estimate of drug-likeness (QED) is 0.746. The molecule has 1 aromatic rings. The Kier molecular flexibility index (Phi) is 8.43. The van der Waals surface area contributed by atoms with Crippen molar-refractivity contribution in [3.8, 4) is 0 Å². The van der Waals surface area contributed by atoms with E-state index in [4.69, 9.17) is 8.76 Å². The Morgan fingerprint density at radius 1 is 1.24 bits per heavy atom. The Morgan fingerprint density at radius 3 is 1.71 bits per heavy atom. The maximum atomic E-state index is 12.3. The Labute approximate surface area is 106 Å². The normalized spacial score (nSPS) is 11.9. The summed E-state index contributed by atoms with van der Waals surface area (Å²) in [6.07, 6.45) is -4.23. The van der Waals surface area contributed by atoms with E-state index in [9.17, 15) is 13.2 Å². The molecule has 3 nitrogen and oxygen atoms in total. The van der Waals surface area contributed by atoms with Crippen LogP contribution in [-0.2, 0) is 17.4 Å². The molecular formula is C9H12ClF3NO2S-. The van der Waals surface area contributed by atoms with Crippen molar-refractivity contribution in [2.24, 2.45) is 5.14 Å². The van der Waals surface area contributed by atoms with E-state index < -0.39 is 23.0 Å². The molecule has 0 heterocycles. The molecule has 0 fully saturated rings. The van der Waals surface area contributed by atoms with E-state index in [1.807, 2.05) is 0 Å². The predicted octanol–water partition coefficient (Wildman–Crippen LogP) is 2.48. The Bertz CT molecular complexity index is 361. The van der Waals surface area contributed by atoms with E-state index in [1.54, 1.807) is 6.07 Å². The standard InChI is InChI=1S/C9H9F3.ClH.H3NO2S/c1-6-4-3-5-7(2)8(6)9(10,11)12;;1-4(2)3/h3-5H,1-2H3;1H;1H2,(H,2,3)/p-1. The lowest BCUT2D eigenvalue weighted by Crippen LogP contribution is -2.09. The van der Waals surface area contributed by atoms with Gasteiger partial charge in [-0.25, -0.2) is 0 Å². The first-order chi connectivity index (χ1) is 7.16. The van der Waals surface area contributed by atoms with Crippen molar-refractivity contribution in [3.63, 3.8) is 0 Å². The molecule has 0 bridgehead atoms. The van der Waals surface area contributed by atoms with Gasteiger partial charge in [-0.1, -0.05) is 18.2 Å². The molecule has 1 atom stereocenters. The first-order valence-electron chi connectivity index (χ1n) is 4.13. The van der Waals surface area contributed by atoms with Crippen LogP contribution in [0.25, 0.3) is 0 Å². The molecule has 1 unspecified atom stereocenters. The highest BCUT2D eigenvalue weighted by Gasteiger charge is 2.33. The fourth-order valence-corrected chi connectivity index (χ4v) is 1.26. The van der Waals surface area contributed by atoms with E-state index >= 15 is 0 Å². The van der Waals surface area contributed by atoms with Gasteiger partial charge in [-0.15, -0.1) is 12.4 Å². The van der Waals surface area contributed by atoms with E-state index in [0.29, 0.717) is 0 Å². The van der Waals surface area contributed by atoms with Crippen LogP contribution in [0.3, 0.4) is 0 Å². The van der Waals surface area contributed by atoms with Crippen LogP contribution in [0, 0.1) is 13.8 Å². The number of halogens is 4. The van der Waals surface area contributed by atoms with Gasteiger partial charge in [0, 0.05) is 11.3 Å². The second-order valence-corrected chi connectivity index (χ2v) is 3.55. The third-order valence-electron chi connectivity index (χ3n) is 1.76. The van der Waals surface area contributed by atoms with Gasteiger partial charge in [0.25, 0.3) is 0 Å². The molecule has 100 valence electrons. The van der Waals surface area contributed by atoms with Gasteiger partial charge in [-0.3, -0.25) is 9.35 Å². The van der Waals surface area contributed by atoms with Crippen LogP contribution < -0.4 is 5.14 Å². The van der Waals surface area contributed by atoms with E-state index in [2.05, 4.69) is 5.14 Å². The van der Waals surface area contributed by atoms with Crippen LogP contribution in [0.2, 0.25) is 0 Å². The first kappa shape index (κ1) is 18.7. The highest BCUT2D eigenvalue weighted by molar-refractivity contribution is 7.76. The van der Waals surface area contributed by atoms with Crippen molar-refractivity contribution in [3.05, 3.63) is 34.9 Å². The maximum absolute atomic E-state index is 12.3. The second-order valence-electron chi connectivity index (χ2n) is 3.03. The molecule has 8 heteroatoms. The summed E-state index contributed by atoms with van der Waals surface area (Å²) in [6, 6.07) is 4.56. The number of aryl methyl sites for hydroxylation is 2. The van der Waals surface area contributed by atoms with Crippen LogP contribution in [0.15, 0.2) is 18.2 Å². The molecule has 0 amide bonds. The minimum absolute atomic E-state index is 0. The van der Waals surface area contributed by atoms with Gasteiger partial charge >= 0.3 is 6.18 Å². The molecular weight excluding hydrogens is 279 g/mol. The summed E-state index contributed by atoms with van der Waals surface area (Å²) in [7, 11) is 0. The molecule has 0 saturated heterocycles. The van der Waals surface area contributed by atoms with Crippen LogP contribution >= 0.6 is 12.4 Å². The number of benzene rings is 1. The third-order valence-corrected chi connectivity index (χ3v) is 1.76. The van der Waals surface area contributed by atoms with Crippen LogP contribution in [0.4, 0.5) is 13.2 Å². The van der Waals surface area contributed by atoms with Gasteiger partial charge in [0.05, 0.1) is 5.56 Å². The zero-order chi connectivity index (χ0) is 12.9. The van der Waals surface area contributed by atoms with Crippen LogP contribution in [0.5, 0.6) is 0 Å². The summed E-state index contributed by atoms with van der Waals surface area (Å²) in [6.45, 7) is 2.94. The summed E-state index contributed by atoms with van der Waals surface area (Å²) < 4.78 is 54.5. The minimum atomic E-state index is -4.23. The number of nitrogens with two attached hydrogens (primary N) is 1. The second kappa shape index (κ2) is 7.65. The van der Waals surface area contributed by atoms with Crippen molar-refractivity contribution < 1.29 is 21.9 Å². The summed E-state index contributed by atoms with van der Waals surface area (Å²) >= 11 is -2.36. The Hall–Kier alpha value is -0.630. The zero-order valence-electron chi connectivity index (χ0n) is 9.08. The van der Waals surface area contributed by atoms with E-state index in [1.165, 1.54) is 26.0 Å². The van der Waals surface area contributed by atoms with E-state index in [0.717, 1.165) is 0 Å². The minimum Gasteiger partial charge on any atom is -0.760 e. The fraction of sp³-hybridized carbons (Fsp3) is 0.333. The number of alkyl halides is 3. The van der Waals surface area contributed by atoms with Gasteiger partial charge in [-0.05, 0) is 25.0 Å². The molecule has 1 rings (SSSR count). The van der Waals surface area contributed by atoms with Crippen molar-refractivity contribution in [2.75, 3.05) is 0 Å². The van der Waals surface area contributed by atoms with Crippen LogP contribution in [-0.4, -0.2) is 8.76 Å². The summed E-state index contributed by atoms with van der Waals surface area (Å²) in [4.78, 5) is 0. The monoisotopic (exact) mass is 290 g/mol. The number of hydrogen-bond acceptors (Lipinski definition) is 2. The Morgan fingerprint density at radius 2 is 1.53 bits per heavy atom. The smallest absolute Gasteiger partial charge is 0.416 e.